The van der Waals surface area contributed by atoms with Gasteiger partial charge in [-0.15, -0.1) is 0 Å². The topological polar surface area (TPSA) is 84.9 Å². The number of ether oxygens (including phenoxy) is 2. The number of anilines is 1. The summed E-state index contributed by atoms with van der Waals surface area (Å²) in [7, 11) is -3.60. The van der Waals surface area contributed by atoms with Gasteiger partial charge in [0.2, 0.25) is 22.7 Å². The Morgan fingerprint density at radius 2 is 1.54 bits per heavy atom. The average Bonchev–Trinajstić information content (AvgIpc) is 3.54. The summed E-state index contributed by atoms with van der Waals surface area (Å²) in [6.45, 7) is 7.72. The van der Waals surface area contributed by atoms with Crippen LogP contribution in [-0.4, -0.2) is 37.5 Å². The summed E-state index contributed by atoms with van der Waals surface area (Å²) in [5, 5.41) is 3.08. The minimum absolute atomic E-state index is 0.0487. The largest absolute Gasteiger partial charge is 0.454 e. The fourth-order valence-electron chi connectivity index (χ4n) is 5.09. The van der Waals surface area contributed by atoms with Gasteiger partial charge in [0, 0.05) is 17.8 Å². The number of sulfonamides is 1. The predicted molar refractivity (Wildman–Crippen MR) is 143 cm³/mol. The maximum Gasteiger partial charge on any atom is 0.243 e. The average molecular weight is 521 g/mol. The molecule has 8 heteroatoms. The number of hydrogen-bond acceptors (Lipinski definition) is 5. The van der Waals surface area contributed by atoms with Gasteiger partial charge < -0.3 is 14.8 Å². The number of rotatable bonds is 8. The molecule has 5 rings (SSSR count). The molecular weight excluding hydrogens is 488 g/mol. The van der Waals surface area contributed by atoms with Crippen molar-refractivity contribution in [2.45, 2.75) is 62.9 Å². The van der Waals surface area contributed by atoms with E-state index in [1.807, 2.05) is 82.3 Å². The van der Waals surface area contributed by atoms with Gasteiger partial charge in [0.15, 0.2) is 11.5 Å². The van der Waals surface area contributed by atoms with Gasteiger partial charge in [0.05, 0.1) is 10.3 Å². The number of nitrogens with one attached hydrogen (secondary N) is 1. The number of carbonyl (C=O) groups is 1. The number of carbonyl (C=O) groups excluding carboxylic acids is 1. The molecule has 1 heterocycles. The van der Waals surface area contributed by atoms with Crippen molar-refractivity contribution < 1.29 is 22.7 Å². The zero-order valence-electron chi connectivity index (χ0n) is 21.5. The lowest BCUT2D eigenvalue weighted by Crippen LogP contribution is -2.41. The molecule has 1 fully saturated rings. The van der Waals surface area contributed by atoms with Gasteiger partial charge in [0.1, 0.15) is 0 Å². The van der Waals surface area contributed by atoms with E-state index in [1.54, 1.807) is 12.1 Å². The number of benzene rings is 3. The predicted octanol–water partition coefficient (Wildman–Crippen LogP) is 5.56. The molecule has 1 aliphatic carbocycles. The third kappa shape index (κ3) is 4.71. The van der Waals surface area contributed by atoms with Crippen LogP contribution in [0.15, 0.2) is 71.6 Å². The van der Waals surface area contributed by atoms with Gasteiger partial charge in [-0.1, -0.05) is 30.3 Å². The minimum Gasteiger partial charge on any atom is -0.454 e. The van der Waals surface area contributed by atoms with Crippen molar-refractivity contribution in [2.75, 3.05) is 12.1 Å². The van der Waals surface area contributed by atoms with Gasteiger partial charge in [-0.25, -0.2) is 8.42 Å². The lowest BCUT2D eigenvalue weighted by atomic mass is 9.94. The van der Waals surface area contributed by atoms with E-state index in [-0.39, 0.29) is 29.7 Å². The Balaban J connectivity index is 1.34. The molecule has 0 saturated heterocycles. The van der Waals surface area contributed by atoms with Gasteiger partial charge in [-0.3, -0.25) is 4.79 Å². The SMILES string of the molecule is CC(C)N(C(C)C)S(=O)(=O)c1ccc(-c2cccc(NC(=O)C3(c4ccc5c(c4)OCO5)CC3)c2)cc1. The molecule has 0 aromatic heterocycles. The van der Waals surface area contributed by atoms with E-state index in [0.717, 1.165) is 29.5 Å². The van der Waals surface area contributed by atoms with E-state index in [1.165, 1.54) is 4.31 Å². The summed E-state index contributed by atoms with van der Waals surface area (Å²) in [5.74, 6) is 1.33. The number of hydrogen-bond donors (Lipinski definition) is 1. The fourth-order valence-corrected chi connectivity index (χ4v) is 6.92. The lowest BCUT2D eigenvalue weighted by Gasteiger charge is -2.29. The molecular formula is C29H32N2O5S. The zero-order chi connectivity index (χ0) is 26.4. The molecule has 0 radical (unpaired) electrons. The molecule has 0 bridgehead atoms. The number of nitrogens with zero attached hydrogens (tertiary/aromatic N) is 1. The Labute approximate surface area is 218 Å². The smallest absolute Gasteiger partial charge is 0.243 e. The first-order valence-corrected chi connectivity index (χ1v) is 14.0. The molecule has 194 valence electrons. The van der Waals surface area contributed by atoms with Crippen LogP contribution in [0.25, 0.3) is 11.1 Å². The van der Waals surface area contributed by atoms with Crippen molar-refractivity contribution in [3.63, 3.8) is 0 Å². The van der Waals surface area contributed by atoms with Crippen LogP contribution in [0.5, 0.6) is 11.5 Å². The first-order chi connectivity index (χ1) is 17.6. The van der Waals surface area contributed by atoms with Crippen LogP contribution in [0.1, 0.15) is 46.1 Å². The highest BCUT2D eigenvalue weighted by Gasteiger charge is 2.51. The van der Waals surface area contributed by atoms with Crippen molar-refractivity contribution in [1.82, 2.24) is 4.31 Å². The van der Waals surface area contributed by atoms with Crippen molar-refractivity contribution >= 4 is 21.6 Å². The van der Waals surface area contributed by atoms with E-state index >= 15 is 0 Å². The van der Waals surface area contributed by atoms with Crippen LogP contribution in [0.2, 0.25) is 0 Å². The number of amides is 1. The quantitative estimate of drug-likeness (QED) is 0.420. The summed E-state index contributed by atoms with van der Waals surface area (Å²) in [6.07, 6.45) is 1.55. The standard InChI is InChI=1S/C29H32N2O5S/c1-19(2)31(20(3)4)37(33,34)25-11-8-21(9-12-25)22-6-5-7-24(16-22)30-28(32)29(14-15-29)23-10-13-26-27(17-23)36-18-35-26/h5-13,16-17,19-20H,14-15,18H2,1-4H3,(H,30,32). The van der Waals surface area contributed by atoms with Gasteiger partial charge in [-0.2, -0.15) is 4.31 Å². The zero-order valence-corrected chi connectivity index (χ0v) is 22.3. The second-order valence-corrected chi connectivity index (χ2v) is 12.1. The molecule has 1 aliphatic heterocycles. The molecule has 0 atom stereocenters. The molecule has 7 nitrogen and oxygen atoms in total. The highest BCUT2D eigenvalue weighted by Crippen LogP contribution is 2.51. The first-order valence-electron chi connectivity index (χ1n) is 12.6. The van der Waals surface area contributed by atoms with Crippen LogP contribution < -0.4 is 14.8 Å². The van der Waals surface area contributed by atoms with Crippen molar-refractivity contribution in [3.8, 4) is 22.6 Å². The third-order valence-corrected chi connectivity index (χ3v) is 9.28. The summed E-state index contributed by atoms with van der Waals surface area (Å²) in [4.78, 5) is 13.6. The van der Waals surface area contributed by atoms with E-state index in [0.29, 0.717) is 17.2 Å². The summed E-state index contributed by atoms with van der Waals surface area (Å²) in [5.41, 5.74) is 2.81. The fraction of sp³-hybridized carbons (Fsp3) is 0.345. The molecule has 1 saturated carbocycles. The summed E-state index contributed by atoms with van der Waals surface area (Å²) in [6, 6.07) is 19.9. The van der Waals surface area contributed by atoms with Gasteiger partial charge in [-0.05, 0) is 93.6 Å². The minimum atomic E-state index is -3.60. The monoisotopic (exact) mass is 520 g/mol. The Morgan fingerprint density at radius 1 is 0.865 bits per heavy atom. The molecule has 1 amide bonds. The number of fused-ring (bicyclic) bond motifs is 1. The van der Waals surface area contributed by atoms with Crippen LogP contribution in [0, 0.1) is 0 Å². The van der Waals surface area contributed by atoms with E-state index in [9.17, 15) is 13.2 Å². The van der Waals surface area contributed by atoms with Crippen LogP contribution in [-0.2, 0) is 20.2 Å². The second-order valence-electron chi connectivity index (χ2n) is 10.2. The van der Waals surface area contributed by atoms with E-state index in [2.05, 4.69) is 5.32 Å². The Bertz CT molecular complexity index is 1420. The summed E-state index contributed by atoms with van der Waals surface area (Å²) < 4.78 is 38.8. The first kappa shape index (κ1) is 25.3. The Kier molecular flexibility index (Phi) is 6.50. The molecule has 2 aliphatic rings. The van der Waals surface area contributed by atoms with Crippen molar-refractivity contribution in [3.05, 3.63) is 72.3 Å². The van der Waals surface area contributed by atoms with Crippen molar-refractivity contribution in [1.29, 1.82) is 0 Å². The van der Waals surface area contributed by atoms with Crippen molar-refractivity contribution in [2.24, 2.45) is 0 Å². The molecule has 0 unspecified atom stereocenters. The van der Waals surface area contributed by atoms with Gasteiger partial charge in [0.25, 0.3) is 0 Å². The molecule has 3 aromatic rings. The third-order valence-electron chi connectivity index (χ3n) is 7.01. The van der Waals surface area contributed by atoms with Crippen LogP contribution >= 0.6 is 0 Å². The highest BCUT2D eigenvalue weighted by atomic mass is 32.2. The Morgan fingerprint density at radius 3 is 2.19 bits per heavy atom. The maximum atomic E-state index is 13.3. The summed E-state index contributed by atoms with van der Waals surface area (Å²) >= 11 is 0. The molecule has 3 aromatic carbocycles. The lowest BCUT2D eigenvalue weighted by molar-refractivity contribution is -0.118. The molecule has 37 heavy (non-hydrogen) atoms. The second kappa shape index (κ2) is 9.50. The maximum absolute atomic E-state index is 13.3. The molecule has 0 spiro atoms. The van der Waals surface area contributed by atoms with Gasteiger partial charge >= 0.3 is 0 Å². The highest BCUT2D eigenvalue weighted by molar-refractivity contribution is 7.89. The molecule has 1 N–H and O–H groups in total. The van der Waals surface area contributed by atoms with E-state index < -0.39 is 15.4 Å². The van der Waals surface area contributed by atoms with E-state index in [4.69, 9.17) is 9.47 Å². The normalized spacial score (nSPS) is 15.9. The van der Waals surface area contributed by atoms with Crippen LogP contribution in [0.4, 0.5) is 5.69 Å². The Hall–Kier alpha value is -3.36. The van der Waals surface area contributed by atoms with Crippen LogP contribution in [0.3, 0.4) is 0 Å².